The summed E-state index contributed by atoms with van der Waals surface area (Å²) >= 11 is 0. The fraction of sp³-hybridized carbons (Fsp3) is 0.167. The molecular formula is C18H17N. The first kappa shape index (κ1) is 11.9. The standard InChI is InChI=1S/C18H17N/c1-4-5-8-13-11-15-14-9-6-7-10-16(14)19-17(15)12-18(13,2)3/h4-12H,1H2,2-3H3. The number of hydrogen-bond acceptors (Lipinski definition) is 1. The minimum atomic E-state index is 0.00386. The average molecular weight is 247 g/mol. The molecular weight excluding hydrogens is 230 g/mol. The van der Waals surface area contributed by atoms with E-state index in [1.807, 2.05) is 18.2 Å². The highest BCUT2D eigenvalue weighted by atomic mass is 14.8. The van der Waals surface area contributed by atoms with Gasteiger partial charge < -0.3 is 0 Å². The van der Waals surface area contributed by atoms with Gasteiger partial charge in [0.2, 0.25) is 0 Å². The van der Waals surface area contributed by atoms with Gasteiger partial charge in [0.1, 0.15) is 0 Å². The van der Waals surface area contributed by atoms with Gasteiger partial charge in [0.25, 0.3) is 0 Å². The molecule has 0 saturated carbocycles. The molecule has 0 saturated heterocycles. The van der Waals surface area contributed by atoms with Crippen LogP contribution < -0.4 is 10.6 Å². The molecule has 1 aromatic rings. The van der Waals surface area contributed by atoms with Crippen molar-refractivity contribution in [2.75, 3.05) is 0 Å². The van der Waals surface area contributed by atoms with Crippen LogP contribution in [-0.2, 0) is 0 Å². The van der Waals surface area contributed by atoms with E-state index in [0.717, 1.165) is 11.1 Å². The van der Waals surface area contributed by atoms with Gasteiger partial charge in [-0.25, -0.2) is 4.99 Å². The monoisotopic (exact) mass is 247 g/mol. The first-order chi connectivity index (χ1) is 9.12. The Bertz CT molecular complexity index is 755. The Morgan fingerprint density at radius 3 is 2.79 bits per heavy atom. The first-order valence-corrected chi connectivity index (χ1v) is 6.54. The van der Waals surface area contributed by atoms with E-state index >= 15 is 0 Å². The summed E-state index contributed by atoms with van der Waals surface area (Å²) in [6.45, 7) is 8.17. The Morgan fingerprint density at radius 2 is 2.00 bits per heavy atom. The number of benzene rings is 1. The summed E-state index contributed by atoms with van der Waals surface area (Å²) in [5.74, 6) is 0. The van der Waals surface area contributed by atoms with Crippen molar-refractivity contribution < 1.29 is 0 Å². The molecule has 3 rings (SSSR count). The van der Waals surface area contributed by atoms with E-state index in [2.05, 4.69) is 56.9 Å². The van der Waals surface area contributed by atoms with Crippen LogP contribution in [0.4, 0.5) is 0 Å². The predicted molar refractivity (Wildman–Crippen MR) is 79.9 cm³/mol. The number of hydrogen-bond donors (Lipinski definition) is 0. The molecule has 1 aliphatic heterocycles. The van der Waals surface area contributed by atoms with Crippen LogP contribution >= 0.6 is 0 Å². The molecule has 0 fully saturated rings. The summed E-state index contributed by atoms with van der Waals surface area (Å²) in [6.07, 6.45) is 10.4. The molecule has 0 atom stereocenters. The molecule has 94 valence electrons. The molecule has 0 N–H and O–H groups in total. The van der Waals surface area contributed by atoms with Gasteiger partial charge in [-0.1, -0.05) is 56.9 Å². The maximum atomic E-state index is 4.72. The number of para-hydroxylation sites is 1. The second-order valence-corrected chi connectivity index (χ2v) is 5.49. The van der Waals surface area contributed by atoms with Crippen LogP contribution in [0.3, 0.4) is 0 Å². The summed E-state index contributed by atoms with van der Waals surface area (Å²) in [7, 11) is 0. The van der Waals surface area contributed by atoms with Crippen LogP contribution in [0.25, 0.3) is 5.57 Å². The first-order valence-electron chi connectivity index (χ1n) is 6.54. The predicted octanol–water partition coefficient (Wildman–Crippen LogP) is 3.06. The minimum Gasteiger partial charge on any atom is -0.248 e. The molecule has 1 heterocycles. The number of rotatable bonds is 2. The van der Waals surface area contributed by atoms with Crippen LogP contribution in [-0.4, -0.2) is 0 Å². The maximum Gasteiger partial charge on any atom is 0.0716 e. The molecule has 1 heteroatoms. The molecule has 1 aromatic carbocycles. The van der Waals surface area contributed by atoms with Gasteiger partial charge in [0, 0.05) is 16.2 Å². The lowest BCUT2D eigenvalue weighted by atomic mass is 9.78. The quantitative estimate of drug-likeness (QED) is 0.712. The highest BCUT2D eigenvalue weighted by Crippen LogP contribution is 2.38. The van der Waals surface area contributed by atoms with Crippen LogP contribution in [0.5, 0.6) is 0 Å². The van der Waals surface area contributed by atoms with Gasteiger partial charge in [0.05, 0.1) is 11.1 Å². The summed E-state index contributed by atoms with van der Waals surface area (Å²) in [4.78, 5) is 4.72. The fourth-order valence-corrected chi connectivity index (χ4v) is 2.59. The third-order valence-corrected chi connectivity index (χ3v) is 3.66. The molecule has 0 unspecified atom stereocenters. The average Bonchev–Trinajstić information content (AvgIpc) is 2.71. The maximum absolute atomic E-state index is 4.72. The highest BCUT2D eigenvalue weighted by molar-refractivity contribution is 5.78. The van der Waals surface area contributed by atoms with Gasteiger partial charge in [-0.2, -0.15) is 0 Å². The van der Waals surface area contributed by atoms with E-state index in [0.29, 0.717) is 0 Å². The molecule has 19 heavy (non-hydrogen) atoms. The zero-order valence-corrected chi connectivity index (χ0v) is 11.4. The summed E-state index contributed by atoms with van der Waals surface area (Å²) < 4.78 is 0. The normalized spacial score (nSPS) is 19.4. The SMILES string of the molecule is C=CC=CC1=CC2=c3ccccc3=NC2=CC1(C)C. The van der Waals surface area contributed by atoms with Crippen molar-refractivity contribution in [1.82, 2.24) is 0 Å². The van der Waals surface area contributed by atoms with Gasteiger partial charge >= 0.3 is 0 Å². The smallest absolute Gasteiger partial charge is 0.0716 e. The zero-order valence-electron chi connectivity index (χ0n) is 11.4. The van der Waals surface area contributed by atoms with Crippen LogP contribution in [0.15, 0.2) is 77.5 Å². The Kier molecular flexibility index (Phi) is 2.63. The van der Waals surface area contributed by atoms with Crippen LogP contribution in [0, 0.1) is 5.41 Å². The van der Waals surface area contributed by atoms with E-state index in [9.17, 15) is 0 Å². The van der Waals surface area contributed by atoms with Gasteiger partial charge in [-0.3, -0.25) is 0 Å². The van der Waals surface area contributed by atoms with E-state index in [4.69, 9.17) is 4.99 Å². The van der Waals surface area contributed by atoms with Crippen molar-refractivity contribution >= 4 is 5.57 Å². The molecule has 0 aromatic heterocycles. The Labute approximate surface area is 113 Å². The van der Waals surface area contributed by atoms with Gasteiger partial charge in [0.15, 0.2) is 0 Å². The second kappa shape index (κ2) is 4.20. The molecule has 1 nitrogen and oxygen atoms in total. The largest absolute Gasteiger partial charge is 0.248 e. The Hall–Kier alpha value is -2.15. The minimum absolute atomic E-state index is 0.00386. The summed E-state index contributed by atoms with van der Waals surface area (Å²) in [5, 5.41) is 2.30. The fourth-order valence-electron chi connectivity index (χ4n) is 2.59. The van der Waals surface area contributed by atoms with Crippen LogP contribution in [0.1, 0.15) is 13.8 Å². The molecule has 0 radical (unpaired) electrons. The van der Waals surface area contributed by atoms with Crippen LogP contribution in [0.2, 0.25) is 0 Å². The lowest BCUT2D eigenvalue weighted by molar-refractivity contribution is 0.587. The molecule has 1 aliphatic carbocycles. The molecule has 0 bridgehead atoms. The summed E-state index contributed by atoms with van der Waals surface area (Å²) in [6, 6.07) is 8.31. The van der Waals surface area contributed by atoms with Gasteiger partial charge in [-0.05, 0) is 23.8 Å². The topological polar surface area (TPSA) is 12.4 Å². The second-order valence-electron chi connectivity index (χ2n) is 5.49. The molecule has 0 amide bonds. The lowest BCUT2D eigenvalue weighted by Gasteiger charge is -2.27. The Balaban J connectivity index is 2.26. The summed E-state index contributed by atoms with van der Waals surface area (Å²) in [5.41, 5.74) is 3.63. The Morgan fingerprint density at radius 1 is 1.21 bits per heavy atom. The zero-order chi connectivity index (χ0) is 13.5. The number of allylic oxidation sites excluding steroid dienone is 6. The van der Waals surface area contributed by atoms with E-state index in [1.54, 1.807) is 0 Å². The van der Waals surface area contributed by atoms with Crippen molar-refractivity contribution in [2.45, 2.75) is 13.8 Å². The van der Waals surface area contributed by atoms with E-state index < -0.39 is 0 Å². The van der Waals surface area contributed by atoms with Crippen molar-refractivity contribution in [3.05, 3.63) is 83.1 Å². The third-order valence-electron chi connectivity index (χ3n) is 3.66. The lowest BCUT2D eigenvalue weighted by Crippen LogP contribution is -2.22. The number of nitrogens with zero attached hydrogens (tertiary/aromatic N) is 1. The molecule has 0 spiro atoms. The van der Waals surface area contributed by atoms with Crippen molar-refractivity contribution in [1.29, 1.82) is 0 Å². The number of fused-ring (bicyclic) bond motifs is 2. The third kappa shape index (κ3) is 1.91. The van der Waals surface area contributed by atoms with E-state index in [1.165, 1.54) is 16.4 Å². The highest BCUT2D eigenvalue weighted by Gasteiger charge is 2.27. The van der Waals surface area contributed by atoms with Crippen molar-refractivity contribution in [2.24, 2.45) is 10.4 Å². The van der Waals surface area contributed by atoms with Gasteiger partial charge in [-0.15, -0.1) is 0 Å². The molecule has 2 aliphatic rings. The van der Waals surface area contributed by atoms with E-state index in [-0.39, 0.29) is 5.41 Å². The van der Waals surface area contributed by atoms with Crippen molar-refractivity contribution in [3.8, 4) is 0 Å². The van der Waals surface area contributed by atoms with Crippen molar-refractivity contribution in [3.63, 3.8) is 0 Å².